The Bertz CT molecular complexity index is 285. The first-order chi connectivity index (χ1) is 7.54. The van der Waals surface area contributed by atoms with Crippen molar-refractivity contribution in [2.24, 2.45) is 5.92 Å². The van der Waals surface area contributed by atoms with Gasteiger partial charge in [-0.25, -0.2) is 0 Å². The fourth-order valence-corrected chi connectivity index (χ4v) is 1.10. The molecule has 0 aromatic heterocycles. The highest BCUT2D eigenvalue weighted by Gasteiger charge is 2.25. The minimum Gasteiger partial charge on any atom is -0.481 e. The van der Waals surface area contributed by atoms with Crippen LogP contribution >= 0.6 is 0 Å². The number of carbonyl (C=O) groups is 2. The molecule has 0 aliphatic rings. The maximum Gasteiger partial charge on any atom is 0.315 e. The lowest BCUT2D eigenvalue weighted by Crippen LogP contribution is -2.40. The first-order valence-electron chi connectivity index (χ1n) is 4.92. The Labute approximate surface area is 94.4 Å². The van der Waals surface area contributed by atoms with Gasteiger partial charge in [-0.2, -0.15) is 5.26 Å². The van der Waals surface area contributed by atoms with Gasteiger partial charge in [0.25, 0.3) is 0 Å². The van der Waals surface area contributed by atoms with E-state index in [0.717, 1.165) is 0 Å². The number of aliphatic carboxylic acids is 1. The summed E-state index contributed by atoms with van der Waals surface area (Å²) in [5.74, 6) is -2.74. The Morgan fingerprint density at radius 2 is 2.12 bits per heavy atom. The summed E-state index contributed by atoms with van der Waals surface area (Å²) in [6.07, 6.45) is 0.182. The zero-order chi connectivity index (χ0) is 12.6. The minimum atomic E-state index is -1.16. The number of nitrogens with zero attached hydrogens (tertiary/aromatic N) is 2. The Morgan fingerprint density at radius 1 is 1.50 bits per heavy atom. The number of rotatable bonds is 7. The number of amides is 1. The van der Waals surface area contributed by atoms with Gasteiger partial charge in [0.1, 0.15) is 5.92 Å². The Balaban J connectivity index is 4.42. The molecule has 0 saturated heterocycles. The zero-order valence-electron chi connectivity index (χ0n) is 9.47. The summed E-state index contributed by atoms with van der Waals surface area (Å²) in [6, 6.07) is 1.92. The quantitative estimate of drug-likeness (QED) is 0.624. The van der Waals surface area contributed by atoms with Crippen LogP contribution in [0, 0.1) is 17.2 Å². The summed E-state index contributed by atoms with van der Waals surface area (Å²) in [7, 11) is 1.49. The fraction of sp³-hybridized carbons (Fsp3) is 0.700. The molecule has 0 rings (SSSR count). The van der Waals surface area contributed by atoms with Gasteiger partial charge in [-0.05, 0) is 6.92 Å². The van der Waals surface area contributed by atoms with Crippen LogP contribution < -0.4 is 0 Å². The Morgan fingerprint density at radius 3 is 2.56 bits per heavy atom. The summed E-state index contributed by atoms with van der Waals surface area (Å²) in [5, 5.41) is 17.1. The average Bonchev–Trinajstić information content (AvgIpc) is 2.27. The summed E-state index contributed by atoms with van der Waals surface area (Å²) in [6.45, 7) is 2.19. The molecule has 1 amide bonds. The molecule has 0 aromatic rings. The van der Waals surface area contributed by atoms with Crippen molar-refractivity contribution in [1.82, 2.24) is 4.90 Å². The Kier molecular flexibility index (Phi) is 6.88. The largest absolute Gasteiger partial charge is 0.481 e. The second kappa shape index (κ2) is 7.65. The van der Waals surface area contributed by atoms with Crippen molar-refractivity contribution in [2.75, 3.05) is 26.8 Å². The van der Waals surface area contributed by atoms with Gasteiger partial charge in [0.05, 0.1) is 19.1 Å². The van der Waals surface area contributed by atoms with Crippen molar-refractivity contribution in [3.8, 4) is 6.07 Å². The second-order valence-electron chi connectivity index (χ2n) is 3.29. The number of carboxylic acids is 1. The van der Waals surface area contributed by atoms with Crippen molar-refractivity contribution in [3.05, 3.63) is 0 Å². The van der Waals surface area contributed by atoms with E-state index in [1.54, 1.807) is 0 Å². The number of hydrogen-bond donors (Lipinski definition) is 1. The summed E-state index contributed by atoms with van der Waals surface area (Å²) >= 11 is 0. The van der Waals surface area contributed by atoms with Crippen LogP contribution in [0.2, 0.25) is 0 Å². The molecular weight excluding hydrogens is 212 g/mol. The van der Waals surface area contributed by atoms with Crippen molar-refractivity contribution in [2.45, 2.75) is 13.3 Å². The van der Waals surface area contributed by atoms with Crippen LogP contribution in [0.25, 0.3) is 0 Å². The molecule has 1 unspecified atom stereocenters. The second-order valence-corrected chi connectivity index (χ2v) is 3.29. The molecule has 0 radical (unpaired) electrons. The number of nitriles is 1. The van der Waals surface area contributed by atoms with Crippen molar-refractivity contribution in [1.29, 1.82) is 5.26 Å². The average molecular weight is 228 g/mol. The van der Waals surface area contributed by atoms with E-state index in [1.807, 2.05) is 6.07 Å². The van der Waals surface area contributed by atoms with Crippen LogP contribution in [0.1, 0.15) is 13.3 Å². The van der Waals surface area contributed by atoms with Gasteiger partial charge < -0.3 is 14.7 Å². The van der Waals surface area contributed by atoms with Crippen LogP contribution in [0.5, 0.6) is 0 Å². The molecule has 1 atom stereocenters. The maximum absolute atomic E-state index is 11.7. The normalized spacial score (nSPS) is 11.6. The van der Waals surface area contributed by atoms with E-state index >= 15 is 0 Å². The van der Waals surface area contributed by atoms with Crippen LogP contribution in [0.4, 0.5) is 0 Å². The van der Waals surface area contributed by atoms with E-state index in [0.29, 0.717) is 13.2 Å². The standard InChI is InChI=1S/C10H16N2O4/c1-8(10(14)15)9(13)12(5-3-4-11)6-7-16-2/h8H,3,5-7H2,1-2H3,(H,14,15). The molecule has 1 N–H and O–H groups in total. The zero-order valence-corrected chi connectivity index (χ0v) is 9.47. The highest BCUT2D eigenvalue weighted by Crippen LogP contribution is 2.04. The smallest absolute Gasteiger partial charge is 0.315 e. The van der Waals surface area contributed by atoms with Gasteiger partial charge in [0, 0.05) is 20.2 Å². The van der Waals surface area contributed by atoms with Crippen LogP contribution in [-0.4, -0.2) is 48.7 Å². The van der Waals surface area contributed by atoms with E-state index in [-0.39, 0.29) is 13.0 Å². The fourth-order valence-electron chi connectivity index (χ4n) is 1.10. The number of methoxy groups -OCH3 is 1. The molecule has 6 nitrogen and oxygen atoms in total. The molecule has 16 heavy (non-hydrogen) atoms. The lowest BCUT2D eigenvalue weighted by atomic mass is 10.1. The molecule has 0 saturated carbocycles. The molecule has 6 heteroatoms. The van der Waals surface area contributed by atoms with Gasteiger partial charge in [-0.15, -0.1) is 0 Å². The SMILES string of the molecule is COCCN(CCC#N)C(=O)C(C)C(=O)O. The van der Waals surface area contributed by atoms with E-state index in [1.165, 1.54) is 18.9 Å². The van der Waals surface area contributed by atoms with E-state index in [4.69, 9.17) is 15.1 Å². The predicted molar refractivity (Wildman–Crippen MR) is 55.5 cm³/mol. The monoisotopic (exact) mass is 228 g/mol. The van der Waals surface area contributed by atoms with Gasteiger partial charge in [0.2, 0.25) is 5.91 Å². The first kappa shape index (κ1) is 14.4. The summed E-state index contributed by atoms with van der Waals surface area (Å²) in [5.41, 5.74) is 0. The molecule has 90 valence electrons. The third kappa shape index (κ3) is 4.75. The molecule has 0 aliphatic carbocycles. The third-order valence-corrected chi connectivity index (χ3v) is 2.11. The highest BCUT2D eigenvalue weighted by molar-refractivity contribution is 5.96. The van der Waals surface area contributed by atoms with Crippen molar-refractivity contribution >= 4 is 11.9 Å². The summed E-state index contributed by atoms with van der Waals surface area (Å²) in [4.78, 5) is 23.7. The number of ether oxygens (including phenoxy) is 1. The minimum absolute atomic E-state index is 0.182. The van der Waals surface area contributed by atoms with Gasteiger partial charge in [-0.3, -0.25) is 9.59 Å². The maximum atomic E-state index is 11.7. The molecule has 0 aliphatic heterocycles. The van der Waals surface area contributed by atoms with Crippen molar-refractivity contribution in [3.63, 3.8) is 0 Å². The lowest BCUT2D eigenvalue weighted by Gasteiger charge is -2.23. The van der Waals surface area contributed by atoms with Crippen LogP contribution in [0.15, 0.2) is 0 Å². The summed E-state index contributed by atoms with van der Waals surface area (Å²) < 4.78 is 4.82. The molecule has 0 spiro atoms. The van der Waals surface area contributed by atoms with E-state index in [2.05, 4.69) is 0 Å². The van der Waals surface area contributed by atoms with E-state index < -0.39 is 17.8 Å². The topological polar surface area (TPSA) is 90.6 Å². The molecule has 0 fully saturated rings. The molecule has 0 heterocycles. The van der Waals surface area contributed by atoms with Gasteiger partial charge in [-0.1, -0.05) is 0 Å². The third-order valence-electron chi connectivity index (χ3n) is 2.11. The number of carbonyl (C=O) groups excluding carboxylic acids is 1. The molecule has 0 aromatic carbocycles. The van der Waals surface area contributed by atoms with Crippen LogP contribution in [-0.2, 0) is 14.3 Å². The number of hydrogen-bond acceptors (Lipinski definition) is 4. The predicted octanol–water partition coefficient (Wildman–Crippen LogP) is 0.0958. The van der Waals surface area contributed by atoms with E-state index in [9.17, 15) is 9.59 Å². The highest BCUT2D eigenvalue weighted by atomic mass is 16.5. The van der Waals surface area contributed by atoms with Gasteiger partial charge in [0.15, 0.2) is 0 Å². The van der Waals surface area contributed by atoms with Crippen LogP contribution in [0.3, 0.4) is 0 Å². The number of carboxylic acid groups (broad SMARTS) is 1. The lowest BCUT2D eigenvalue weighted by molar-refractivity contribution is -0.150. The molecular formula is C10H16N2O4. The van der Waals surface area contributed by atoms with Crippen molar-refractivity contribution < 1.29 is 19.4 Å². The first-order valence-corrected chi connectivity index (χ1v) is 4.92. The Hall–Kier alpha value is -1.61. The van der Waals surface area contributed by atoms with Gasteiger partial charge >= 0.3 is 5.97 Å². The molecule has 0 bridgehead atoms.